The molecule has 2 N–H and O–H groups in total. The molecule has 0 unspecified atom stereocenters. The smallest absolute Gasteiger partial charge is 0.261 e. The summed E-state index contributed by atoms with van der Waals surface area (Å²) >= 11 is 5.83. The number of halogens is 2. The summed E-state index contributed by atoms with van der Waals surface area (Å²) in [4.78, 5) is -0.0297. The van der Waals surface area contributed by atoms with Crippen LogP contribution in [0.2, 0.25) is 5.02 Å². The van der Waals surface area contributed by atoms with Crippen LogP contribution in [0.5, 0.6) is 0 Å². The van der Waals surface area contributed by atoms with Gasteiger partial charge >= 0.3 is 0 Å². The lowest BCUT2D eigenvalue weighted by Crippen LogP contribution is -2.13. The lowest BCUT2D eigenvalue weighted by molar-refractivity contribution is 0.281. The molecule has 0 fully saturated rings. The average molecular weight is 330 g/mol. The van der Waals surface area contributed by atoms with E-state index in [0.717, 1.165) is 0 Å². The quantitative estimate of drug-likeness (QED) is 0.906. The first-order valence-electron chi connectivity index (χ1n) is 6.02. The predicted octanol–water partition coefficient (Wildman–Crippen LogP) is 3.08. The van der Waals surface area contributed by atoms with Crippen LogP contribution in [0.3, 0.4) is 0 Å². The minimum atomic E-state index is -3.83. The Morgan fingerprint density at radius 2 is 1.95 bits per heavy atom. The maximum absolute atomic E-state index is 13.2. The highest BCUT2D eigenvalue weighted by molar-refractivity contribution is 7.92. The van der Waals surface area contributed by atoms with E-state index < -0.39 is 15.8 Å². The standard InChI is InChI=1S/C14H13ClFNO3S/c1-9-6-11(2-5-14(9)16)17-21(19,20)12-3-4-13(15)10(7-12)8-18/h2-7,17-18H,8H2,1H3. The first kappa shape index (κ1) is 15.8. The van der Waals surface area contributed by atoms with E-state index in [1.807, 2.05) is 0 Å². The summed E-state index contributed by atoms with van der Waals surface area (Å²) in [7, 11) is -3.83. The Kier molecular flexibility index (Phi) is 4.51. The molecule has 2 aromatic rings. The lowest BCUT2D eigenvalue weighted by Gasteiger charge is -2.10. The van der Waals surface area contributed by atoms with Crippen LogP contribution >= 0.6 is 11.6 Å². The first-order chi connectivity index (χ1) is 9.83. The molecule has 0 radical (unpaired) electrons. The van der Waals surface area contributed by atoms with Gasteiger partial charge in [0.05, 0.1) is 11.5 Å². The van der Waals surface area contributed by atoms with Gasteiger partial charge < -0.3 is 5.11 Å². The molecule has 0 spiro atoms. The van der Waals surface area contributed by atoms with Crippen molar-refractivity contribution in [2.24, 2.45) is 0 Å². The summed E-state index contributed by atoms with van der Waals surface area (Å²) in [6, 6.07) is 7.95. The zero-order valence-electron chi connectivity index (χ0n) is 11.1. The first-order valence-corrected chi connectivity index (χ1v) is 7.88. The number of hydrogen-bond acceptors (Lipinski definition) is 3. The van der Waals surface area contributed by atoms with Crippen molar-refractivity contribution in [3.05, 3.63) is 58.4 Å². The minimum absolute atomic E-state index is 0.0297. The van der Waals surface area contributed by atoms with Gasteiger partial charge in [0.25, 0.3) is 10.0 Å². The van der Waals surface area contributed by atoms with Gasteiger partial charge in [0.1, 0.15) is 5.82 Å². The summed E-state index contributed by atoms with van der Waals surface area (Å²) < 4.78 is 40.0. The van der Waals surface area contributed by atoms with E-state index in [0.29, 0.717) is 11.1 Å². The molecule has 4 nitrogen and oxygen atoms in total. The number of nitrogens with one attached hydrogen (secondary N) is 1. The van der Waals surface area contributed by atoms with Crippen LogP contribution in [0.15, 0.2) is 41.3 Å². The number of benzene rings is 2. The fourth-order valence-electron chi connectivity index (χ4n) is 1.76. The molecule has 0 aliphatic carbocycles. The molecule has 0 saturated heterocycles. The second-order valence-electron chi connectivity index (χ2n) is 4.48. The van der Waals surface area contributed by atoms with Crippen molar-refractivity contribution in [1.82, 2.24) is 0 Å². The fraction of sp³-hybridized carbons (Fsp3) is 0.143. The van der Waals surface area contributed by atoms with Crippen LogP contribution in [-0.4, -0.2) is 13.5 Å². The van der Waals surface area contributed by atoms with Crippen molar-refractivity contribution in [3.63, 3.8) is 0 Å². The molecular weight excluding hydrogens is 317 g/mol. The third kappa shape index (κ3) is 3.53. The van der Waals surface area contributed by atoms with Crippen molar-refractivity contribution in [2.75, 3.05) is 4.72 Å². The molecule has 0 aliphatic rings. The van der Waals surface area contributed by atoms with E-state index >= 15 is 0 Å². The van der Waals surface area contributed by atoms with Gasteiger partial charge in [-0.25, -0.2) is 12.8 Å². The predicted molar refractivity (Wildman–Crippen MR) is 79.3 cm³/mol. The molecule has 0 bridgehead atoms. The van der Waals surface area contributed by atoms with Gasteiger partial charge in [-0.05, 0) is 54.4 Å². The van der Waals surface area contributed by atoms with E-state index in [1.54, 1.807) is 6.92 Å². The summed E-state index contributed by atoms with van der Waals surface area (Å²) in [5.74, 6) is -0.410. The zero-order valence-corrected chi connectivity index (χ0v) is 12.7. The summed E-state index contributed by atoms with van der Waals surface area (Å²) in [5.41, 5.74) is 0.909. The van der Waals surface area contributed by atoms with E-state index in [9.17, 15) is 12.8 Å². The molecule has 0 aromatic heterocycles. The van der Waals surface area contributed by atoms with Gasteiger partial charge in [-0.2, -0.15) is 0 Å². The third-order valence-electron chi connectivity index (χ3n) is 2.91. The van der Waals surface area contributed by atoms with E-state index in [4.69, 9.17) is 16.7 Å². The van der Waals surface area contributed by atoms with Gasteiger partial charge in [0, 0.05) is 10.7 Å². The van der Waals surface area contributed by atoms with Crippen molar-refractivity contribution in [3.8, 4) is 0 Å². The second kappa shape index (κ2) is 6.01. The number of aryl methyl sites for hydroxylation is 1. The fourth-order valence-corrected chi connectivity index (χ4v) is 3.04. The van der Waals surface area contributed by atoms with Crippen LogP contribution in [0.25, 0.3) is 0 Å². The molecule has 21 heavy (non-hydrogen) atoms. The normalized spacial score (nSPS) is 11.4. The molecular formula is C14H13ClFNO3S. The van der Waals surface area contributed by atoms with Gasteiger partial charge in [-0.1, -0.05) is 11.6 Å². The van der Waals surface area contributed by atoms with Crippen LogP contribution in [-0.2, 0) is 16.6 Å². The van der Waals surface area contributed by atoms with Crippen LogP contribution in [0, 0.1) is 12.7 Å². The van der Waals surface area contributed by atoms with Gasteiger partial charge in [0.2, 0.25) is 0 Å². The lowest BCUT2D eigenvalue weighted by atomic mass is 10.2. The van der Waals surface area contributed by atoms with Crippen molar-refractivity contribution in [2.45, 2.75) is 18.4 Å². The number of sulfonamides is 1. The highest BCUT2D eigenvalue weighted by Gasteiger charge is 2.16. The summed E-state index contributed by atoms with van der Waals surface area (Å²) in [5, 5.41) is 9.41. The Hall–Kier alpha value is -1.63. The Morgan fingerprint density at radius 3 is 2.57 bits per heavy atom. The second-order valence-corrected chi connectivity index (χ2v) is 6.57. The molecule has 112 valence electrons. The summed E-state index contributed by atoms with van der Waals surface area (Å²) in [6.45, 7) is 1.18. The number of anilines is 1. The number of aliphatic hydroxyl groups is 1. The van der Waals surface area contributed by atoms with E-state index in [1.165, 1.54) is 36.4 Å². The van der Waals surface area contributed by atoms with Gasteiger partial charge in [-0.15, -0.1) is 0 Å². The monoisotopic (exact) mass is 329 g/mol. The molecule has 0 saturated carbocycles. The Labute approximate surface area is 127 Å². The Morgan fingerprint density at radius 1 is 1.24 bits per heavy atom. The van der Waals surface area contributed by atoms with E-state index in [2.05, 4.69) is 4.72 Å². The maximum atomic E-state index is 13.2. The third-order valence-corrected chi connectivity index (χ3v) is 4.66. The summed E-state index contributed by atoms with van der Waals surface area (Å²) in [6.07, 6.45) is 0. The average Bonchev–Trinajstić information content (AvgIpc) is 2.43. The molecule has 0 amide bonds. The Bertz CT molecular complexity index is 778. The van der Waals surface area contributed by atoms with Gasteiger partial charge in [-0.3, -0.25) is 4.72 Å². The number of aliphatic hydroxyl groups excluding tert-OH is 1. The maximum Gasteiger partial charge on any atom is 0.261 e. The number of rotatable bonds is 4. The molecule has 7 heteroatoms. The Balaban J connectivity index is 2.35. The molecule has 0 aliphatic heterocycles. The molecule has 0 heterocycles. The largest absolute Gasteiger partial charge is 0.392 e. The van der Waals surface area contributed by atoms with E-state index in [-0.39, 0.29) is 22.2 Å². The molecule has 2 aromatic carbocycles. The SMILES string of the molecule is Cc1cc(NS(=O)(=O)c2ccc(Cl)c(CO)c2)ccc1F. The van der Waals surface area contributed by atoms with Crippen LogP contribution in [0.1, 0.15) is 11.1 Å². The highest BCUT2D eigenvalue weighted by Crippen LogP contribution is 2.23. The van der Waals surface area contributed by atoms with Crippen molar-refractivity contribution < 1.29 is 17.9 Å². The molecule has 2 rings (SSSR count). The highest BCUT2D eigenvalue weighted by atomic mass is 35.5. The molecule has 0 atom stereocenters. The van der Waals surface area contributed by atoms with Crippen LogP contribution < -0.4 is 4.72 Å². The van der Waals surface area contributed by atoms with Crippen molar-refractivity contribution in [1.29, 1.82) is 0 Å². The number of hydrogen-bond donors (Lipinski definition) is 2. The topological polar surface area (TPSA) is 66.4 Å². The zero-order chi connectivity index (χ0) is 15.6. The van der Waals surface area contributed by atoms with Crippen molar-refractivity contribution >= 4 is 27.3 Å². The van der Waals surface area contributed by atoms with Crippen LogP contribution in [0.4, 0.5) is 10.1 Å². The minimum Gasteiger partial charge on any atom is -0.392 e. The van der Waals surface area contributed by atoms with Gasteiger partial charge in [0.15, 0.2) is 0 Å².